The summed E-state index contributed by atoms with van der Waals surface area (Å²) in [4.78, 5) is 25.5. The van der Waals surface area contributed by atoms with E-state index in [0.29, 0.717) is 15.3 Å². The molecule has 0 spiro atoms. The molecule has 8 nitrogen and oxygen atoms in total. The van der Waals surface area contributed by atoms with Gasteiger partial charge in [-0.15, -0.1) is 0 Å². The summed E-state index contributed by atoms with van der Waals surface area (Å²) in [5, 5.41) is 13.3. The van der Waals surface area contributed by atoms with E-state index < -0.39 is 11.9 Å². The number of esters is 2. The first kappa shape index (κ1) is 22.6. The standard InChI is InChI=1S/C20H23ClN2O6/c1-4-29-20(25)18-15(11-28-10-9-22)23(26)12(2)16(19(24)27-3)17(18)13-7-5-6-8-14(13)21/h5-8H,4,9-11,22H2,1-3H3. The van der Waals surface area contributed by atoms with Crippen LogP contribution in [-0.2, 0) is 20.8 Å². The number of ether oxygens (including phenoxy) is 3. The largest absolute Gasteiger partial charge is 0.618 e. The third kappa shape index (κ3) is 4.67. The average Bonchev–Trinajstić information content (AvgIpc) is 2.71. The number of hydrogen-bond donors (Lipinski definition) is 1. The van der Waals surface area contributed by atoms with Crippen LogP contribution in [0.25, 0.3) is 11.1 Å². The van der Waals surface area contributed by atoms with Crippen LogP contribution in [0.3, 0.4) is 0 Å². The van der Waals surface area contributed by atoms with Crippen LogP contribution in [0, 0.1) is 12.1 Å². The van der Waals surface area contributed by atoms with Crippen LogP contribution < -0.4 is 10.5 Å². The Balaban J connectivity index is 2.96. The quantitative estimate of drug-likeness (QED) is 0.300. The van der Waals surface area contributed by atoms with Crippen LogP contribution in [-0.4, -0.2) is 38.8 Å². The van der Waals surface area contributed by atoms with Gasteiger partial charge in [-0.3, -0.25) is 0 Å². The van der Waals surface area contributed by atoms with Crippen LogP contribution >= 0.6 is 11.6 Å². The van der Waals surface area contributed by atoms with E-state index in [1.807, 2.05) is 0 Å². The molecule has 156 valence electrons. The zero-order valence-corrected chi connectivity index (χ0v) is 17.2. The van der Waals surface area contributed by atoms with Gasteiger partial charge in [-0.25, -0.2) is 9.59 Å². The molecule has 9 heteroatoms. The zero-order valence-electron chi connectivity index (χ0n) is 16.5. The number of carbonyl (C=O) groups is 2. The molecular formula is C20H23ClN2O6. The monoisotopic (exact) mass is 422 g/mol. The van der Waals surface area contributed by atoms with Crippen LogP contribution in [0.5, 0.6) is 0 Å². The van der Waals surface area contributed by atoms with Crippen LogP contribution in [0.15, 0.2) is 24.3 Å². The molecule has 0 aliphatic carbocycles. The summed E-state index contributed by atoms with van der Waals surface area (Å²) in [7, 11) is 1.19. The summed E-state index contributed by atoms with van der Waals surface area (Å²) >= 11 is 6.37. The van der Waals surface area contributed by atoms with Crippen LogP contribution in [0.2, 0.25) is 5.02 Å². The predicted octanol–water partition coefficient (Wildman–Crippen LogP) is 2.39. The first-order valence-electron chi connectivity index (χ1n) is 8.96. The Morgan fingerprint density at radius 2 is 1.90 bits per heavy atom. The fourth-order valence-electron chi connectivity index (χ4n) is 2.95. The fraction of sp³-hybridized carbons (Fsp3) is 0.350. The van der Waals surface area contributed by atoms with Crippen molar-refractivity contribution in [1.82, 2.24) is 0 Å². The summed E-state index contributed by atoms with van der Waals surface area (Å²) < 4.78 is 15.9. The highest BCUT2D eigenvalue weighted by atomic mass is 35.5. The lowest BCUT2D eigenvalue weighted by Crippen LogP contribution is -2.41. The fourth-order valence-corrected chi connectivity index (χ4v) is 3.18. The van der Waals surface area contributed by atoms with Gasteiger partial charge in [0.05, 0.1) is 20.3 Å². The number of rotatable bonds is 8. The second-order valence-electron chi connectivity index (χ2n) is 5.98. The summed E-state index contributed by atoms with van der Waals surface area (Å²) in [6, 6.07) is 6.68. The van der Waals surface area contributed by atoms with E-state index >= 15 is 0 Å². The number of nitrogens with zero attached hydrogens (tertiary/aromatic N) is 1. The Morgan fingerprint density at radius 3 is 2.48 bits per heavy atom. The van der Waals surface area contributed by atoms with Gasteiger partial charge in [0, 0.05) is 29.6 Å². The molecule has 0 aliphatic rings. The van der Waals surface area contributed by atoms with Gasteiger partial charge in [-0.2, -0.15) is 4.73 Å². The lowest BCUT2D eigenvalue weighted by molar-refractivity contribution is -0.623. The molecule has 0 saturated heterocycles. The molecule has 0 bridgehead atoms. The minimum absolute atomic E-state index is 0.00280. The molecule has 1 aromatic carbocycles. The highest BCUT2D eigenvalue weighted by Crippen LogP contribution is 2.36. The van der Waals surface area contributed by atoms with Gasteiger partial charge in [-0.1, -0.05) is 29.8 Å². The van der Waals surface area contributed by atoms with E-state index in [-0.39, 0.29) is 54.4 Å². The smallest absolute Gasteiger partial charge is 0.345 e. The zero-order chi connectivity index (χ0) is 21.6. The Bertz CT molecular complexity index is 916. The molecular weight excluding hydrogens is 400 g/mol. The molecule has 2 N–H and O–H groups in total. The maximum absolute atomic E-state index is 13.0. The normalized spacial score (nSPS) is 10.7. The van der Waals surface area contributed by atoms with Crippen molar-refractivity contribution in [1.29, 1.82) is 0 Å². The molecule has 2 rings (SSSR count). The van der Waals surface area contributed by atoms with Crippen molar-refractivity contribution in [2.75, 3.05) is 26.9 Å². The maximum Gasteiger partial charge on any atom is 0.345 e. The average molecular weight is 423 g/mol. The number of nitrogens with two attached hydrogens (primary N) is 1. The number of methoxy groups -OCH3 is 1. The van der Waals surface area contributed by atoms with E-state index in [9.17, 15) is 14.8 Å². The van der Waals surface area contributed by atoms with Gasteiger partial charge >= 0.3 is 11.9 Å². The first-order valence-corrected chi connectivity index (χ1v) is 9.33. The lowest BCUT2D eigenvalue weighted by atomic mass is 9.92. The second-order valence-corrected chi connectivity index (χ2v) is 6.39. The topological polar surface area (TPSA) is 115 Å². The Morgan fingerprint density at radius 1 is 1.21 bits per heavy atom. The molecule has 0 amide bonds. The Labute approximate surface area is 173 Å². The Hall–Kier alpha value is -2.68. The first-order chi connectivity index (χ1) is 13.9. The van der Waals surface area contributed by atoms with Gasteiger partial charge < -0.3 is 25.2 Å². The van der Waals surface area contributed by atoms with Crippen molar-refractivity contribution >= 4 is 23.5 Å². The van der Waals surface area contributed by atoms with E-state index in [4.69, 9.17) is 31.5 Å². The number of halogens is 1. The van der Waals surface area contributed by atoms with Crippen LogP contribution in [0.1, 0.15) is 39.0 Å². The molecule has 0 radical (unpaired) electrons. The van der Waals surface area contributed by atoms with Gasteiger partial charge in [0.25, 0.3) is 0 Å². The molecule has 0 atom stereocenters. The highest BCUT2D eigenvalue weighted by molar-refractivity contribution is 6.33. The molecule has 1 aromatic heterocycles. The van der Waals surface area contributed by atoms with Gasteiger partial charge in [0.1, 0.15) is 17.7 Å². The van der Waals surface area contributed by atoms with Crippen molar-refractivity contribution in [2.24, 2.45) is 5.73 Å². The van der Waals surface area contributed by atoms with E-state index in [1.165, 1.54) is 14.0 Å². The number of hydrogen-bond acceptors (Lipinski definition) is 7. The summed E-state index contributed by atoms with van der Waals surface area (Å²) in [6.45, 7) is 3.39. The van der Waals surface area contributed by atoms with E-state index in [2.05, 4.69) is 0 Å². The van der Waals surface area contributed by atoms with E-state index in [0.717, 1.165) is 0 Å². The minimum Gasteiger partial charge on any atom is -0.618 e. The number of carbonyl (C=O) groups excluding carboxylic acids is 2. The molecule has 29 heavy (non-hydrogen) atoms. The highest BCUT2D eigenvalue weighted by Gasteiger charge is 2.35. The van der Waals surface area contributed by atoms with Crippen LogP contribution in [0.4, 0.5) is 0 Å². The summed E-state index contributed by atoms with van der Waals surface area (Å²) in [5.74, 6) is -1.55. The van der Waals surface area contributed by atoms with Crippen molar-refractivity contribution in [2.45, 2.75) is 20.5 Å². The maximum atomic E-state index is 13.0. The summed E-state index contributed by atoms with van der Waals surface area (Å²) in [6.07, 6.45) is 0. The summed E-state index contributed by atoms with van der Waals surface area (Å²) in [5.41, 5.74) is 5.88. The third-order valence-corrected chi connectivity index (χ3v) is 4.54. The molecule has 2 aromatic rings. The predicted molar refractivity (Wildman–Crippen MR) is 107 cm³/mol. The molecule has 0 aliphatic heterocycles. The van der Waals surface area contributed by atoms with Crippen molar-refractivity contribution in [3.05, 3.63) is 57.0 Å². The molecule has 0 unspecified atom stereocenters. The number of pyridine rings is 1. The van der Waals surface area contributed by atoms with Crippen molar-refractivity contribution < 1.29 is 28.5 Å². The van der Waals surface area contributed by atoms with Gasteiger partial charge in [0.2, 0.25) is 11.4 Å². The number of benzene rings is 1. The lowest BCUT2D eigenvalue weighted by Gasteiger charge is -2.20. The van der Waals surface area contributed by atoms with Crippen molar-refractivity contribution in [3.8, 4) is 11.1 Å². The Kier molecular flexibility index (Phi) is 7.95. The number of aromatic nitrogens is 1. The van der Waals surface area contributed by atoms with E-state index in [1.54, 1.807) is 31.2 Å². The SMILES string of the molecule is CCOC(=O)c1c(-c2ccccc2Cl)c(C(=O)OC)c(C)[n+]([O-])c1COCCN. The van der Waals surface area contributed by atoms with Gasteiger partial charge in [0.15, 0.2) is 0 Å². The molecule has 0 fully saturated rings. The third-order valence-electron chi connectivity index (χ3n) is 4.21. The molecule has 0 saturated carbocycles. The second kappa shape index (κ2) is 10.2. The van der Waals surface area contributed by atoms with Gasteiger partial charge in [-0.05, 0) is 13.0 Å². The van der Waals surface area contributed by atoms with Crippen molar-refractivity contribution in [3.63, 3.8) is 0 Å². The minimum atomic E-state index is -0.776. The molecule has 1 heterocycles.